The lowest BCUT2D eigenvalue weighted by atomic mass is 10.1. The summed E-state index contributed by atoms with van der Waals surface area (Å²) >= 11 is 5.97. The van der Waals surface area contributed by atoms with E-state index in [9.17, 15) is 14.4 Å². The van der Waals surface area contributed by atoms with E-state index >= 15 is 0 Å². The summed E-state index contributed by atoms with van der Waals surface area (Å²) in [5.41, 5.74) is 6.07. The molecule has 6 nitrogen and oxygen atoms in total. The quantitative estimate of drug-likeness (QED) is 0.711. The van der Waals surface area contributed by atoms with Gasteiger partial charge in [-0.3, -0.25) is 14.4 Å². The summed E-state index contributed by atoms with van der Waals surface area (Å²) in [6, 6.07) is 16.5. The summed E-state index contributed by atoms with van der Waals surface area (Å²) in [4.78, 5) is 36.7. The summed E-state index contributed by atoms with van der Waals surface area (Å²) in [7, 11) is 0. The molecule has 0 saturated carbocycles. The van der Waals surface area contributed by atoms with Gasteiger partial charge in [0.15, 0.2) is 0 Å². The number of hydrogen-bond acceptors (Lipinski definition) is 3. The number of primary amides is 1. The molecule has 2 aromatic carbocycles. The summed E-state index contributed by atoms with van der Waals surface area (Å²) < 4.78 is 1.42. The Balaban J connectivity index is 1.88. The van der Waals surface area contributed by atoms with Crippen LogP contribution in [0, 0.1) is 0 Å². The Kier molecular flexibility index (Phi) is 5.38. The molecule has 0 spiro atoms. The van der Waals surface area contributed by atoms with Crippen LogP contribution in [0.3, 0.4) is 0 Å². The molecule has 3 rings (SSSR count). The van der Waals surface area contributed by atoms with Crippen molar-refractivity contribution in [1.29, 1.82) is 0 Å². The van der Waals surface area contributed by atoms with E-state index in [1.807, 2.05) is 6.07 Å². The molecular weight excluding hydrogens is 366 g/mol. The van der Waals surface area contributed by atoms with Crippen LogP contribution < -0.4 is 16.6 Å². The second-order valence-electron chi connectivity index (χ2n) is 5.85. The predicted molar refractivity (Wildman–Crippen MR) is 104 cm³/mol. The second kappa shape index (κ2) is 7.88. The number of benzene rings is 2. The van der Waals surface area contributed by atoms with Crippen LogP contribution in [0.1, 0.15) is 26.3 Å². The van der Waals surface area contributed by atoms with Crippen LogP contribution >= 0.6 is 11.6 Å². The van der Waals surface area contributed by atoms with E-state index in [4.69, 9.17) is 17.3 Å². The average molecular weight is 382 g/mol. The van der Waals surface area contributed by atoms with Crippen molar-refractivity contribution < 1.29 is 9.59 Å². The van der Waals surface area contributed by atoms with E-state index in [-0.39, 0.29) is 23.4 Å². The molecule has 0 aliphatic carbocycles. The zero-order chi connectivity index (χ0) is 19.4. The third-order valence-electron chi connectivity index (χ3n) is 3.95. The predicted octanol–water partition coefficient (Wildman–Crippen LogP) is 2.90. The largest absolute Gasteiger partial charge is 0.366 e. The van der Waals surface area contributed by atoms with Crippen molar-refractivity contribution in [3.05, 3.63) is 98.9 Å². The Morgan fingerprint density at radius 3 is 2.48 bits per heavy atom. The van der Waals surface area contributed by atoms with E-state index < -0.39 is 17.4 Å². The Hall–Kier alpha value is -3.38. The third kappa shape index (κ3) is 4.24. The fraction of sp³-hybridized carbons (Fsp3) is 0.0500. The van der Waals surface area contributed by atoms with E-state index in [1.54, 1.807) is 48.7 Å². The monoisotopic (exact) mass is 381 g/mol. The van der Waals surface area contributed by atoms with Gasteiger partial charge in [0.1, 0.15) is 5.56 Å². The maximum Gasteiger partial charge on any atom is 0.263 e. The first kappa shape index (κ1) is 18.4. The van der Waals surface area contributed by atoms with Gasteiger partial charge in [0.05, 0.1) is 17.8 Å². The Labute approximate surface area is 160 Å². The average Bonchev–Trinajstić information content (AvgIpc) is 2.63. The van der Waals surface area contributed by atoms with Crippen LogP contribution in [0.15, 0.2) is 71.7 Å². The second-order valence-corrected chi connectivity index (χ2v) is 6.29. The molecule has 3 N–H and O–H groups in total. The molecule has 27 heavy (non-hydrogen) atoms. The van der Waals surface area contributed by atoms with Gasteiger partial charge < -0.3 is 15.6 Å². The van der Waals surface area contributed by atoms with Gasteiger partial charge in [-0.2, -0.15) is 0 Å². The number of rotatable bonds is 5. The molecule has 0 radical (unpaired) electrons. The Morgan fingerprint density at radius 1 is 1.00 bits per heavy atom. The highest BCUT2D eigenvalue weighted by atomic mass is 35.5. The van der Waals surface area contributed by atoms with Gasteiger partial charge in [-0.1, -0.05) is 35.9 Å². The number of aromatic nitrogens is 1. The minimum absolute atomic E-state index is 0.0428. The molecule has 136 valence electrons. The number of hydrogen-bond donors (Lipinski definition) is 2. The number of anilines is 1. The molecule has 0 fully saturated rings. The number of nitrogens with one attached hydrogen (secondary N) is 1. The van der Waals surface area contributed by atoms with Crippen molar-refractivity contribution >= 4 is 29.1 Å². The highest BCUT2D eigenvalue weighted by Crippen LogP contribution is 2.15. The fourth-order valence-corrected chi connectivity index (χ4v) is 2.88. The van der Waals surface area contributed by atoms with Crippen LogP contribution in [0.4, 0.5) is 5.69 Å². The lowest BCUT2D eigenvalue weighted by Gasteiger charge is -2.11. The van der Waals surface area contributed by atoms with Crippen molar-refractivity contribution in [2.24, 2.45) is 5.73 Å². The minimum Gasteiger partial charge on any atom is -0.366 e. The lowest BCUT2D eigenvalue weighted by Crippen LogP contribution is -2.29. The van der Waals surface area contributed by atoms with Crippen molar-refractivity contribution in [2.45, 2.75) is 6.54 Å². The van der Waals surface area contributed by atoms with Gasteiger partial charge in [0, 0.05) is 11.2 Å². The van der Waals surface area contributed by atoms with Gasteiger partial charge in [-0.05, 0) is 42.0 Å². The van der Waals surface area contributed by atoms with E-state index in [2.05, 4.69) is 5.32 Å². The first-order valence-corrected chi connectivity index (χ1v) is 8.47. The number of carbonyl (C=O) groups excluding carboxylic acids is 2. The smallest absolute Gasteiger partial charge is 0.263 e. The molecule has 3 aromatic rings. The fourth-order valence-electron chi connectivity index (χ4n) is 2.66. The molecule has 0 bridgehead atoms. The van der Waals surface area contributed by atoms with Crippen LogP contribution in [0.25, 0.3) is 0 Å². The highest BCUT2D eigenvalue weighted by molar-refractivity contribution is 6.30. The van der Waals surface area contributed by atoms with Crippen LogP contribution in [-0.2, 0) is 6.54 Å². The van der Waals surface area contributed by atoms with Gasteiger partial charge in [0.25, 0.3) is 17.4 Å². The topological polar surface area (TPSA) is 94.2 Å². The number of carbonyl (C=O) groups is 2. The van der Waals surface area contributed by atoms with Gasteiger partial charge >= 0.3 is 0 Å². The van der Waals surface area contributed by atoms with Crippen LogP contribution in [-0.4, -0.2) is 16.4 Å². The normalized spacial score (nSPS) is 10.4. The maximum atomic E-state index is 12.7. The first-order valence-electron chi connectivity index (χ1n) is 8.10. The molecular formula is C20H16ClN3O3. The van der Waals surface area contributed by atoms with E-state index in [0.717, 1.165) is 5.56 Å². The Bertz CT molecular complexity index is 1080. The van der Waals surface area contributed by atoms with Crippen molar-refractivity contribution in [2.75, 3.05) is 5.32 Å². The summed E-state index contributed by atoms with van der Waals surface area (Å²) in [6.45, 7) is 0.276. The third-order valence-corrected chi connectivity index (χ3v) is 4.18. The SMILES string of the molecule is NC(=O)c1ccccc1NC(=O)c1cccn(Cc2cccc(Cl)c2)c1=O. The lowest BCUT2D eigenvalue weighted by molar-refractivity contribution is 0.100. The van der Waals surface area contributed by atoms with Crippen molar-refractivity contribution in [3.8, 4) is 0 Å². The number of para-hydroxylation sites is 1. The zero-order valence-corrected chi connectivity index (χ0v) is 14.9. The molecule has 1 heterocycles. The number of nitrogens with zero attached hydrogens (tertiary/aromatic N) is 1. The Morgan fingerprint density at radius 2 is 1.74 bits per heavy atom. The zero-order valence-electron chi connectivity index (χ0n) is 14.2. The number of pyridine rings is 1. The van der Waals surface area contributed by atoms with Crippen molar-refractivity contribution in [1.82, 2.24) is 4.57 Å². The van der Waals surface area contributed by atoms with Gasteiger partial charge in [-0.25, -0.2) is 0 Å². The van der Waals surface area contributed by atoms with E-state index in [0.29, 0.717) is 5.02 Å². The van der Waals surface area contributed by atoms with E-state index in [1.165, 1.54) is 16.7 Å². The molecule has 0 saturated heterocycles. The van der Waals surface area contributed by atoms with Gasteiger partial charge in [-0.15, -0.1) is 0 Å². The molecule has 0 aliphatic rings. The number of halogens is 1. The molecule has 2 amide bonds. The molecule has 0 aliphatic heterocycles. The summed E-state index contributed by atoms with van der Waals surface area (Å²) in [5.74, 6) is -1.29. The first-order chi connectivity index (χ1) is 13.0. The molecule has 7 heteroatoms. The number of amides is 2. The number of nitrogens with two attached hydrogens (primary N) is 1. The van der Waals surface area contributed by atoms with Gasteiger partial charge in [0.2, 0.25) is 0 Å². The highest BCUT2D eigenvalue weighted by Gasteiger charge is 2.15. The van der Waals surface area contributed by atoms with Crippen LogP contribution in [0.2, 0.25) is 5.02 Å². The summed E-state index contributed by atoms with van der Waals surface area (Å²) in [5, 5.41) is 3.14. The molecule has 0 atom stereocenters. The maximum absolute atomic E-state index is 12.7. The standard InChI is InChI=1S/C20H16ClN3O3/c21-14-6-3-5-13(11-14)12-24-10-4-8-16(20(24)27)19(26)23-17-9-2-1-7-15(17)18(22)25/h1-11H,12H2,(H2,22,25)(H,23,26). The van der Waals surface area contributed by atoms with Crippen molar-refractivity contribution in [3.63, 3.8) is 0 Å². The van der Waals surface area contributed by atoms with Crippen LogP contribution in [0.5, 0.6) is 0 Å². The minimum atomic E-state index is -0.669. The summed E-state index contributed by atoms with van der Waals surface area (Å²) in [6.07, 6.45) is 1.59. The molecule has 1 aromatic heterocycles. The molecule has 0 unspecified atom stereocenters.